The van der Waals surface area contributed by atoms with Crippen LogP contribution in [0.3, 0.4) is 0 Å². The fourth-order valence-corrected chi connectivity index (χ4v) is 3.77. The van der Waals surface area contributed by atoms with Gasteiger partial charge in [0.1, 0.15) is 0 Å². The lowest BCUT2D eigenvalue weighted by Crippen LogP contribution is -2.33. The highest BCUT2D eigenvalue weighted by Gasteiger charge is 2.44. The van der Waals surface area contributed by atoms with Gasteiger partial charge in [-0.15, -0.1) is 0 Å². The van der Waals surface area contributed by atoms with Crippen LogP contribution >= 0.6 is 0 Å². The van der Waals surface area contributed by atoms with Crippen LogP contribution in [0.1, 0.15) is 63.9 Å². The van der Waals surface area contributed by atoms with Crippen molar-refractivity contribution in [2.24, 2.45) is 5.92 Å². The van der Waals surface area contributed by atoms with Crippen LogP contribution < -0.4 is 4.74 Å². The Hall–Kier alpha value is -1.77. The molecule has 1 aliphatic rings. The van der Waals surface area contributed by atoms with Gasteiger partial charge >= 0.3 is 0 Å². The Morgan fingerprint density at radius 2 is 1.60 bits per heavy atom. The van der Waals surface area contributed by atoms with E-state index >= 15 is 0 Å². The van der Waals surface area contributed by atoms with Crippen LogP contribution in [0, 0.1) is 40.5 Å². The third-order valence-corrected chi connectivity index (χ3v) is 5.29. The average Bonchev–Trinajstić information content (AvgIpc) is 2.62. The summed E-state index contributed by atoms with van der Waals surface area (Å²) in [4.78, 5) is 0. The van der Waals surface area contributed by atoms with Crippen molar-refractivity contribution >= 4 is 0 Å². The lowest BCUT2D eigenvalue weighted by atomic mass is 9.66. The first kappa shape index (κ1) is 19.6. The molecule has 0 amide bonds. The maximum Gasteiger partial charge on any atom is 0.204 e. The van der Waals surface area contributed by atoms with Crippen LogP contribution in [0.15, 0.2) is 0 Å². The van der Waals surface area contributed by atoms with Crippen LogP contribution in [0.25, 0.3) is 0 Å². The molecule has 0 heterocycles. The van der Waals surface area contributed by atoms with E-state index in [0.717, 1.165) is 32.8 Å². The van der Waals surface area contributed by atoms with Gasteiger partial charge in [-0.1, -0.05) is 32.6 Å². The second-order valence-corrected chi connectivity index (χ2v) is 6.80. The highest BCUT2D eigenvalue weighted by Crippen LogP contribution is 2.46. The Morgan fingerprint density at radius 1 is 1.04 bits per heavy atom. The van der Waals surface area contributed by atoms with Crippen molar-refractivity contribution in [1.29, 1.82) is 5.26 Å². The van der Waals surface area contributed by atoms with Gasteiger partial charge in [0.05, 0.1) is 24.2 Å². The van der Waals surface area contributed by atoms with Gasteiger partial charge in [-0.25, -0.2) is 8.78 Å². The van der Waals surface area contributed by atoms with E-state index in [1.165, 1.54) is 0 Å². The molecule has 0 N–H and O–H groups in total. The number of halogens is 4. The van der Waals surface area contributed by atoms with Gasteiger partial charge in [-0.3, -0.25) is 0 Å². The van der Waals surface area contributed by atoms with Crippen molar-refractivity contribution in [2.75, 3.05) is 7.11 Å². The first-order chi connectivity index (χ1) is 11.9. The highest BCUT2D eigenvalue weighted by molar-refractivity contribution is 5.42. The fourth-order valence-electron chi connectivity index (χ4n) is 3.77. The van der Waals surface area contributed by atoms with Gasteiger partial charge in [-0.2, -0.15) is 14.0 Å². The maximum absolute atomic E-state index is 14.4. The van der Waals surface area contributed by atoms with Crippen molar-refractivity contribution in [3.63, 3.8) is 0 Å². The van der Waals surface area contributed by atoms with Crippen LogP contribution in [-0.4, -0.2) is 7.11 Å². The zero-order valence-electron chi connectivity index (χ0n) is 14.6. The van der Waals surface area contributed by atoms with E-state index in [-0.39, 0.29) is 12.8 Å². The molecule has 0 aliphatic heterocycles. The van der Waals surface area contributed by atoms with E-state index in [1.807, 2.05) is 6.07 Å². The molecule has 25 heavy (non-hydrogen) atoms. The number of nitriles is 1. The Labute approximate surface area is 145 Å². The normalized spacial score (nSPS) is 23.3. The van der Waals surface area contributed by atoms with E-state index in [1.54, 1.807) is 0 Å². The van der Waals surface area contributed by atoms with Gasteiger partial charge in [0.2, 0.25) is 11.6 Å². The Morgan fingerprint density at radius 3 is 2.04 bits per heavy atom. The van der Waals surface area contributed by atoms with Crippen molar-refractivity contribution in [1.82, 2.24) is 0 Å². The van der Waals surface area contributed by atoms with Crippen LogP contribution in [0.2, 0.25) is 0 Å². The topological polar surface area (TPSA) is 33.0 Å². The molecule has 138 valence electrons. The van der Waals surface area contributed by atoms with Crippen LogP contribution in [0.4, 0.5) is 17.6 Å². The quantitative estimate of drug-likeness (QED) is 0.367. The van der Waals surface area contributed by atoms with Gasteiger partial charge in [0.25, 0.3) is 0 Å². The fraction of sp³-hybridized carbons (Fsp3) is 0.632. The van der Waals surface area contributed by atoms with Gasteiger partial charge in [0, 0.05) is 0 Å². The predicted molar refractivity (Wildman–Crippen MR) is 86.2 cm³/mol. The molecule has 0 aromatic heterocycles. The first-order valence-corrected chi connectivity index (χ1v) is 8.73. The third-order valence-electron chi connectivity index (χ3n) is 5.29. The monoisotopic (exact) mass is 357 g/mol. The van der Waals surface area contributed by atoms with E-state index in [4.69, 9.17) is 0 Å². The molecule has 0 bridgehead atoms. The number of unbranched alkanes of at least 4 members (excludes halogenated alkanes) is 2. The summed E-state index contributed by atoms with van der Waals surface area (Å²) in [6.45, 7) is 2.11. The zero-order chi connectivity index (χ0) is 18.6. The predicted octanol–water partition coefficient (Wildman–Crippen LogP) is 5.78. The summed E-state index contributed by atoms with van der Waals surface area (Å²) >= 11 is 0. The summed E-state index contributed by atoms with van der Waals surface area (Å²) in [6, 6.07) is 1.94. The molecule has 1 aromatic carbocycles. The number of hydrogen-bond donors (Lipinski definition) is 0. The molecule has 1 fully saturated rings. The van der Waals surface area contributed by atoms with E-state index in [2.05, 4.69) is 11.7 Å². The molecule has 1 aliphatic carbocycles. The molecule has 0 spiro atoms. The molecule has 1 saturated carbocycles. The van der Waals surface area contributed by atoms with E-state index < -0.39 is 40.0 Å². The van der Waals surface area contributed by atoms with E-state index in [9.17, 15) is 22.8 Å². The molecule has 0 radical (unpaired) electrons. The molecular weight excluding hydrogens is 334 g/mol. The Balaban J connectivity index is 2.32. The van der Waals surface area contributed by atoms with Gasteiger partial charge in [-0.05, 0) is 31.6 Å². The Bertz CT molecular complexity index is 631. The number of hydrogen-bond acceptors (Lipinski definition) is 2. The van der Waals surface area contributed by atoms with Crippen molar-refractivity contribution in [3.05, 3.63) is 28.8 Å². The number of rotatable bonds is 6. The number of methoxy groups -OCH3 is 1. The third kappa shape index (κ3) is 3.61. The summed E-state index contributed by atoms with van der Waals surface area (Å²) in [7, 11) is 0.932. The highest BCUT2D eigenvalue weighted by atomic mass is 19.2. The molecule has 0 unspecified atom stereocenters. The zero-order valence-corrected chi connectivity index (χ0v) is 14.6. The average molecular weight is 357 g/mol. The first-order valence-electron chi connectivity index (χ1n) is 8.73. The SMILES string of the molecule is CCCCCC1CCC(C#N)(c2c(F)c(F)c(OC)c(F)c2F)CC1. The summed E-state index contributed by atoms with van der Waals surface area (Å²) in [5.74, 6) is -6.94. The lowest BCUT2D eigenvalue weighted by Gasteiger charge is -2.36. The number of ether oxygens (including phenoxy) is 1. The molecule has 2 rings (SSSR count). The smallest absolute Gasteiger partial charge is 0.204 e. The molecule has 1 aromatic rings. The summed E-state index contributed by atoms with van der Waals surface area (Å²) in [5.41, 5.74) is -2.33. The van der Waals surface area contributed by atoms with E-state index in [0.29, 0.717) is 18.8 Å². The largest absolute Gasteiger partial charge is 0.491 e. The summed E-state index contributed by atoms with van der Waals surface area (Å²) < 4.78 is 61.3. The molecule has 0 saturated heterocycles. The van der Waals surface area contributed by atoms with Crippen molar-refractivity contribution in [2.45, 2.75) is 63.7 Å². The van der Waals surface area contributed by atoms with Crippen molar-refractivity contribution in [3.8, 4) is 11.8 Å². The molecule has 0 atom stereocenters. The van der Waals surface area contributed by atoms with Gasteiger partial charge < -0.3 is 4.74 Å². The summed E-state index contributed by atoms with van der Waals surface area (Å²) in [5, 5.41) is 9.59. The Kier molecular flexibility index (Phi) is 6.31. The second-order valence-electron chi connectivity index (χ2n) is 6.80. The molecular formula is C19H23F4NO. The second kappa shape index (κ2) is 8.07. The number of nitrogens with zero attached hydrogens (tertiary/aromatic N) is 1. The van der Waals surface area contributed by atoms with Crippen LogP contribution in [-0.2, 0) is 5.41 Å². The number of benzene rings is 1. The molecule has 2 nitrogen and oxygen atoms in total. The van der Waals surface area contributed by atoms with Crippen molar-refractivity contribution < 1.29 is 22.3 Å². The maximum atomic E-state index is 14.4. The molecule has 6 heteroatoms. The van der Waals surface area contributed by atoms with Crippen LogP contribution in [0.5, 0.6) is 5.75 Å². The minimum Gasteiger partial charge on any atom is -0.491 e. The standard InChI is InChI=1S/C19H23F4NO/c1-3-4-5-6-12-7-9-19(11-24,10-8-12)13-14(20)16(22)18(25-2)17(23)15(13)21/h12H,3-10H2,1-2H3. The summed E-state index contributed by atoms with van der Waals surface area (Å²) in [6.07, 6.45) is 5.93. The lowest BCUT2D eigenvalue weighted by molar-refractivity contribution is 0.244. The minimum atomic E-state index is -1.59. The minimum absolute atomic E-state index is 0.194. The van der Waals surface area contributed by atoms with Gasteiger partial charge in [0.15, 0.2) is 17.4 Å².